The first-order valence-corrected chi connectivity index (χ1v) is 6.87. The molecule has 108 valence electrons. The van der Waals surface area contributed by atoms with Crippen LogP contribution in [-0.4, -0.2) is 72.2 Å². The van der Waals surface area contributed by atoms with Crippen molar-refractivity contribution in [3.63, 3.8) is 0 Å². The lowest BCUT2D eigenvalue weighted by Gasteiger charge is -2.32. The molecular formula is C13H22N2O4. The number of aliphatic carboxylic acids is 1. The lowest BCUT2D eigenvalue weighted by atomic mass is 10.1. The van der Waals surface area contributed by atoms with Crippen LogP contribution in [0.1, 0.15) is 25.7 Å². The second-order valence-corrected chi connectivity index (χ2v) is 5.42. The number of nitrogens with zero attached hydrogens (tertiary/aromatic N) is 2. The number of carbonyl (C=O) groups excluding carboxylic acids is 1. The fraction of sp³-hybridized carbons (Fsp3) is 0.846. The van der Waals surface area contributed by atoms with Crippen molar-refractivity contribution in [2.24, 2.45) is 0 Å². The SMILES string of the molecule is CN(C(=O)CN1CCC(OCC(=O)O)CC1)C1CC1. The number of rotatable bonds is 6. The summed E-state index contributed by atoms with van der Waals surface area (Å²) in [4.78, 5) is 26.4. The molecule has 1 N–H and O–H groups in total. The van der Waals surface area contributed by atoms with Crippen LogP contribution in [0.4, 0.5) is 0 Å². The molecule has 0 aromatic rings. The van der Waals surface area contributed by atoms with Crippen LogP contribution in [0.3, 0.4) is 0 Å². The lowest BCUT2D eigenvalue weighted by molar-refractivity contribution is -0.145. The summed E-state index contributed by atoms with van der Waals surface area (Å²) in [6.07, 6.45) is 3.88. The molecule has 1 saturated heterocycles. The fourth-order valence-electron chi connectivity index (χ4n) is 2.39. The normalized spacial score (nSPS) is 21.3. The predicted molar refractivity (Wildman–Crippen MR) is 68.8 cm³/mol. The molecule has 6 nitrogen and oxygen atoms in total. The second-order valence-electron chi connectivity index (χ2n) is 5.42. The van der Waals surface area contributed by atoms with Crippen molar-refractivity contribution in [3.8, 4) is 0 Å². The molecule has 0 radical (unpaired) electrons. The highest BCUT2D eigenvalue weighted by Crippen LogP contribution is 2.25. The molecule has 2 fully saturated rings. The Kier molecular flexibility index (Phi) is 4.76. The molecule has 0 aromatic heterocycles. The van der Waals surface area contributed by atoms with Gasteiger partial charge in [-0.25, -0.2) is 4.79 Å². The van der Waals surface area contributed by atoms with Crippen molar-refractivity contribution in [3.05, 3.63) is 0 Å². The molecule has 2 rings (SSSR count). The summed E-state index contributed by atoms with van der Waals surface area (Å²) < 4.78 is 5.27. The molecule has 0 aromatic carbocycles. The molecule has 0 bridgehead atoms. The number of hydrogen-bond acceptors (Lipinski definition) is 4. The van der Waals surface area contributed by atoms with E-state index in [9.17, 15) is 9.59 Å². The maximum absolute atomic E-state index is 12.0. The minimum absolute atomic E-state index is 0.0172. The summed E-state index contributed by atoms with van der Waals surface area (Å²) in [5.74, 6) is -0.740. The number of likely N-dealkylation sites (tertiary alicyclic amines) is 1. The molecule has 0 unspecified atom stereocenters. The van der Waals surface area contributed by atoms with Crippen molar-refractivity contribution in [1.82, 2.24) is 9.80 Å². The van der Waals surface area contributed by atoms with Gasteiger partial charge in [0, 0.05) is 26.2 Å². The third-order valence-corrected chi connectivity index (χ3v) is 3.82. The van der Waals surface area contributed by atoms with E-state index in [2.05, 4.69) is 4.90 Å². The molecule has 1 heterocycles. The zero-order valence-corrected chi connectivity index (χ0v) is 11.4. The van der Waals surface area contributed by atoms with Crippen molar-refractivity contribution in [1.29, 1.82) is 0 Å². The molecule has 1 saturated carbocycles. The van der Waals surface area contributed by atoms with Gasteiger partial charge in [-0.2, -0.15) is 0 Å². The van der Waals surface area contributed by atoms with E-state index < -0.39 is 5.97 Å². The maximum atomic E-state index is 12.0. The van der Waals surface area contributed by atoms with E-state index in [-0.39, 0.29) is 18.6 Å². The Bertz CT molecular complexity index is 336. The Labute approximate surface area is 113 Å². The molecule has 1 amide bonds. The monoisotopic (exact) mass is 270 g/mol. The average Bonchev–Trinajstić information content (AvgIpc) is 3.21. The zero-order chi connectivity index (χ0) is 13.8. The second kappa shape index (κ2) is 6.34. The highest BCUT2D eigenvalue weighted by atomic mass is 16.5. The van der Waals surface area contributed by atoms with Gasteiger partial charge in [-0.1, -0.05) is 0 Å². The number of ether oxygens (including phenoxy) is 1. The summed E-state index contributed by atoms with van der Waals surface area (Å²) in [5, 5.41) is 8.55. The molecule has 6 heteroatoms. The quantitative estimate of drug-likeness (QED) is 0.745. The standard InChI is InChI=1S/C13H22N2O4/c1-14(10-2-3-10)12(16)8-15-6-4-11(5-7-15)19-9-13(17)18/h10-11H,2-9H2,1H3,(H,17,18). The van der Waals surface area contributed by atoms with E-state index in [4.69, 9.17) is 9.84 Å². The fourth-order valence-corrected chi connectivity index (χ4v) is 2.39. The number of hydrogen-bond donors (Lipinski definition) is 1. The number of carbonyl (C=O) groups is 2. The van der Waals surface area contributed by atoms with E-state index in [0.717, 1.165) is 38.8 Å². The Balaban J connectivity index is 1.65. The van der Waals surface area contributed by atoms with Crippen LogP contribution in [0.2, 0.25) is 0 Å². The van der Waals surface area contributed by atoms with Gasteiger partial charge >= 0.3 is 5.97 Å². The summed E-state index contributed by atoms with van der Waals surface area (Å²) in [7, 11) is 1.88. The van der Waals surface area contributed by atoms with Gasteiger partial charge < -0.3 is 14.7 Å². The number of carboxylic acid groups (broad SMARTS) is 1. The van der Waals surface area contributed by atoms with Crippen LogP contribution >= 0.6 is 0 Å². The molecule has 1 aliphatic heterocycles. The summed E-state index contributed by atoms with van der Waals surface area (Å²) in [5.41, 5.74) is 0. The van der Waals surface area contributed by atoms with Crippen molar-refractivity contribution >= 4 is 11.9 Å². The van der Waals surface area contributed by atoms with Gasteiger partial charge in [0.1, 0.15) is 6.61 Å². The van der Waals surface area contributed by atoms with Crippen LogP contribution in [0.5, 0.6) is 0 Å². The molecule has 0 atom stereocenters. The van der Waals surface area contributed by atoms with Crippen LogP contribution in [0.15, 0.2) is 0 Å². The molecule has 19 heavy (non-hydrogen) atoms. The Hall–Kier alpha value is -1.14. The smallest absolute Gasteiger partial charge is 0.329 e. The molecular weight excluding hydrogens is 248 g/mol. The van der Waals surface area contributed by atoms with Gasteiger partial charge in [0.25, 0.3) is 0 Å². The van der Waals surface area contributed by atoms with Gasteiger partial charge in [-0.15, -0.1) is 0 Å². The third kappa shape index (κ3) is 4.47. The number of carboxylic acids is 1. The highest BCUT2D eigenvalue weighted by molar-refractivity contribution is 5.78. The van der Waals surface area contributed by atoms with Gasteiger partial charge in [0.15, 0.2) is 0 Å². The van der Waals surface area contributed by atoms with Crippen LogP contribution in [-0.2, 0) is 14.3 Å². The van der Waals surface area contributed by atoms with Gasteiger partial charge in [0.05, 0.1) is 12.6 Å². The average molecular weight is 270 g/mol. The van der Waals surface area contributed by atoms with E-state index >= 15 is 0 Å². The third-order valence-electron chi connectivity index (χ3n) is 3.82. The van der Waals surface area contributed by atoms with Crippen LogP contribution in [0.25, 0.3) is 0 Å². The van der Waals surface area contributed by atoms with Crippen molar-refractivity contribution in [2.45, 2.75) is 37.8 Å². The highest BCUT2D eigenvalue weighted by Gasteiger charge is 2.31. The Morgan fingerprint density at radius 1 is 1.26 bits per heavy atom. The minimum atomic E-state index is -0.927. The number of amides is 1. The Morgan fingerprint density at radius 3 is 2.42 bits per heavy atom. The molecule has 1 aliphatic carbocycles. The first-order chi connectivity index (χ1) is 9.06. The topological polar surface area (TPSA) is 70.1 Å². The first-order valence-electron chi connectivity index (χ1n) is 6.87. The zero-order valence-electron chi connectivity index (χ0n) is 11.4. The van der Waals surface area contributed by atoms with E-state index in [0.29, 0.717) is 12.6 Å². The van der Waals surface area contributed by atoms with Crippen LogP contribution in [0, 0.1) is 0 Å². The van der Waals surface area contributed by atoms with Crippen LogP contribution < -0.4 is 0 Å². The summed E-state index contributed by atoms with van der Waals surface area (Å²) in [6.45, 7) is 1.84. The minimum Gasteiger partial charge on any atom is -0.480 e. The number of likely N-dealkylation sites (N-methyl/N-ethyl adjacent to an activating group) is 1. The van der Waals surface area contributed by atoms with E-state index in [1.54, 1.807) is 0 Å². The van der Waals surface area contributed by atoms with Crippen molar-refractivity contribution < 1.29 is 19.4 Å². The summed E-state index contributed by atoms with van der Waals surface area (Å²) >= 11 is 0. The maximum Gasteiger partial charge on any atom is 0.329 e. The number of piperidine rings is 1. The predicted octanol–water partition coefficient (Wildman–Crippen LogP) is 0.173. The molecule has 0 spiro atoms. The van der Waals surface area contributed by atoms with Gasteiger partial charge in [-0.3, -0.25) is 9.69 Å². The lowest BCUT2D eigenvalue weighted by Crippen LogP contribution is -2.44. The van der Waals surface area contributed by atoms with E-state index in [1.807, 2.05) is 11.9 Å². The largest absolute Gasteiger partial charge is 0.480 e. The summed E-state index contributed by atoms with van der Waals surface area (Å²) in [6, 6.07) is 0.462. The van der Waals surface area contributed by atoms with E-state index in [1.165, 1.54) is 0 Å². The Morgan fingerprint density at radius 2 is 1.89 bits per heavy atom. The van der Waals surface area contributed by atoms with Gasteiger partial charge in [0.2, 0.25) is 5.91 Å². The molecule has 2 aliphatic rings. The van der Waals surface area contributed by atoms with Gasteiger partial charge in [-0.05, 0) is 25.7 Å². The first kappa shape index (κ1) is 14.3. The van der Waals surface area contributed by atoms with Crippen molar-refractivity contribution in [2.75, 3.05) is 33.3 Å².